The molecule has 88 valence electrons. The Morgan fingerprint density at radius 1 is 1.40 bits per heavy atom. The summed E-state index contributed by atoms with van der Waals surface area (Å²) in [5, 5.41) is 0. The van der Waals surface area contributed by atoms with Crippen LogP contribution in [-0.2, 0) is 9.53 Å². The van der Waals surface area contributed by atoms with Crippen LogP contribution in [0.3, 0.4) is 0 Å². The first-order valence-corrected chi connectivity index (χ1v) is 6.12. The molecule has 1 aliphatic carbocycles. The summed E-state index contributed by atoms with van der Waals surface area (Å²) < 4.78 is 5.50. The molecule has 0 aromatic heterocycles. The molecule has 15 heavy (non-hydrogen) atoms. The molecular weight excluding hydrogens is 188 g/mol. The first kappa shape index (κ1) is 12.5. The average Bonchev–Trinajstić information content (AvgIpc) is 1.99. The molecule has 1 aliphatic rings. The molecule has 0 radical (unpaired) electrons. The molecule has 0 unspecified atom stereocenters. The number of rotatable bonds is 3. The minimum atomic E-state index is -0.0209. The van der Waals surface area contributed by atoms with Gasteiger partial charge in [-0.3, -0.25) is 4.79 Å². The van der Waals surface area contributed by atoms with Crippen LogP contribution in [0.4, 0.5) is 0 Å². The zero-order valence-electron chi connectivity index (χ0n) is 10.5. The van der Waals surface area contributed by atoms with Crippen molar-refractivity contribution in [2.75, 3.05) is 0 Å². The smallest absolute Gasteiger partial charge is 0.306 e. The molecule has 1 fully saturated rings. The van der Waals surface area contributed by atoms with Crippen molar-refractivity contribution in [3.8, 4) is 0 Å². The van der Waals surface area contributed by atoms with Gasteiger partial charge in [-0.2, -0.15) is 0 Å². The molecule has 0 aromatic rings. The Bertz CT molecular complexity index is 221. The van der Waals surface area contributed by atoms with Gasteiger partial charge in [0.15, 0.2) is 0 Å². The molecule has 0 saturated heterocycles. The van der Waals surface area contributed by atoms with Gasteiger partial charge in [0.25, 0.3) is 0 Å². The lowest BCUT2D eigenvalue weighted by Crippen LogP contribution is -2.33. The molecule has 0 aromatic carbocycles. The van der Waals surface area contributed by atoms with E-state index in [1.807, 2.05) is 6.92 Å². The van der Waals surface area contributed by atoms with Gasteiger partial charge in [-0.25, -0.2) is 0 Å². The summed E-state index contributed by atoms with van der Waals surface area (Å²) in [7, 11) is 0. The lowest BCUT2D eigenvalue weighted by Gasteiger charge is -2.38. The highest BCUT2D eigenvalue weighted by Crippen LogP contribution is 2.39. The Morgan fingerprint density at radius 3 is 2.60 bits per heavy atom. The van der Waals surface area contributed by atoms with E-state index in [4.69, 9.17) is 4.74 Å². The van der Waals surface area contributed by atoms with Crippen molar-refractivity contribution in [1.29, 1.82) is 0 Å². The Kier molecular flexibility index (Phi) is 4.18. The van der Waals surface area contributed by atoms with Crippen molar-refractivity contribution in [1.82, 2.24) is 0 Å². The van der Waals surface area contributed by atoms with Crippen molar-refractivity contribution in [3.63, 3.8) is 0 Å². The minimum Gasteiger partial charge on any atom is -0.462 e. The summed E-state index contributed by atoms with van der Waals surface area (Å²) >= 11 is 0. The van der Waals surface area contributed by atoms with Gasteiger partial charge >= 0.3 is 5.97 Å². The van der Waals surface area contributed by atoms with Crippen LogP contribution in [0.2, 0.25) is 0 Å². The third kappa shape index (κ3) is 4.23. The van der Waals surface area contributed by atoms with Gasteiger partial charge in [-0.05, 0) is 37.0 Å². The fraction of sp³-hybridized carbons (Fsp3) is 0.923. The lowest BCUT2D eigenvalue weighted by molar-refractivity contribution is -0.153. The molecule has 0 heterocycles. The van der Waals surface area contributed by atoms with Crippen molar-refractivity contribution in [2.24, 2.45) is 11.3 Å². The van der Waals surface area contributed by atoms with Crippen LogP contribution in [0, 0.1) is 11.3 Å². The third-order valence-corrected chi connectivity index (χ3v) is 3.10. The molecular formula is C13H24O2. The highest BCUT2D eigenvalue weighted by Gasteiger charge is 2.33. The van der Waals surface area contributed by atoms with Gasteiger partial charge in [-0.15, -0.1) is 0 Å². The van der Waals surface area contributed by atoms with Crippen molar-refractivity contribution in [2.45, 2.75) is 65.9 Å². The van der Waals surface area contributed by atoms with E-state index in [-0.39, 0.29) is 12.1 Å². The van der Waals surface area contributed by atoms with Crippen LogP contribution in [0.15, 0.2) is 0 Å². The summed E-state index contributed by atoms with van der Waals surface area (Å²) in [5.41, 5.74) is 0.328. The van der Waals surface area contributed by atoms with Crippen LogP contribution < -0.4 is 0 Å². The number of carbonyl (C=O) groups is 1. The second-order valence-corrected chi connectivity index (χ2v) is 5.78. The fourth-order valence-electron chi connectivity index (χ4n) is 2.80. The maximum absolute atomic E-state index is 11.4. The van der Waals surface area contributed by atoms with Crippen LogP contribution in [-0.4, -0.2) is 12.1 Å². The van der Waals surface area contributed by atoms with Gasteiger partial charge in [-0.1, -0.05) is 27.7 Å². The van der Waals surface area contributed by atoms with Gasteiger partial charge in [0.05, 0.1) is 0 Å². The maximum atomic E-state index is 11.4. The van der Waals surface area contributed by atoms with Gasteiger partial charge < -0.3 is 4.74 Å². The quantitative estimate of drug-likeness (QED) is 0.669. The second-order valence-electron chi connectivity index (χ2n) is 5.78. The minimum absolute atomic E-state index is 0.0209. The topological polar surface area (TPSA) is 26.3 Å². The third-order valence-electron chi connectivity index (χ3n) is 3.10. The first-order valence-electron chi connectivity index (χ1n) is 6.12. The number of esters is 1. The molecule has 1 saturated carbocycles. The SMILES string of the molecule is CCCC(=O)O[C@H]1C[C@@H](C)CC(C)(C)C1. The van der Waals surface area contributed by atoms with Crippen molar-refractivity contribution >= 4 is 5.97 Å². The average molecular weight is 212 g/mol. The zero-order chi connectivity index (χ0) is 11.5. The van der Waals surface area contributed by atoms with E-state index in [1.165, 1.54) is 6.42 Å². The first-order chi connectivity index (χ1) is 6.93. The Morgan fingerprint density at radius 2 is 2.07 bits per heavy atom. The Balaban J connectivity index is 2.45. The van der Waals surface area contributed by atoms with Crippen LogP contribution in [0.25, 0.3) is 0 Å². The van der Waals surface area contributed by atoms with Gasteiger partial charge in [0.1, 0.15) is 6.10 Å². The van der Waals surface area contributed by atoms with E-state index in [9.17, 15) is 4.79 Å². The summed E-state index contributed by atoms with van der Waals surface area (Å²) in [6.07, 6.45) is 4.90. The van der Waals surface area contributed by atoms with Crippen molar-refractivity contribution in [3.05, 3.63) is 0 Å². The van der Waals surface area contributed by atoms with Crippen LogP contribution >= 0.6 is 0 Å². The summed E-state index contributed by atoms with van der Waals surface area (Å²) in [6.45, 7) is 8.79. The lowest BCUT2D eigenvalue weighted by atomic mass is 9.71. The summed E-state index contributed by atoms with van der Waals surface area (Å²) in [6, 6.07) is 0. The van der Waals surface area contributed by atoms with E-state index in [1.54, 1.807) is 0 Å². The molecule has 0 spiro atoms. The monoisotopic (exact) mass is 212 g/mol. The van der Waals surface area contributed by atoms with Crippen molar-refractivity contribution < 1.29 is 9.53 Å². The van der Waals surface area contributed by atoms with E-state index < -0.39 is 0 Å². The molecule has 2 atom stereocenters. The normalized spacial score (nSPS) is 29.9. The number of carbonyl (C=O) groups excluding carboxylic acids is 1. The molecule has 0 aliphatic heterocycles. The maximum Gasteiger partial charge on any atom is 0.306 e. The molecule has 0 amide bonds. The van der Waals surface area contributed by atoms with Gasteiger partial charge in [0, 0.05) is 6.42 Å². The zero-order valence-corrected chi connectivity index (χ0v) is 10.5. The van der Waals surface area contributed by atoms with E-state index in [2.05, 4.69) is 20.8 Å². The molecule has 2 heteroatoms. The molecule has 2 nitrogen and oxygen atoms in total. The van der Waals surface area contributed by atoms with E-state index >= 15 is 0 Å². The summed E-state index contributed by atoms with van der Waals surface area (Å²) in [4.78, 5) is 11.4. The van der Waals surface area contributed by atoms with Crippen LogP contribution in [0.5, 0.6) is 0 Å². The highest BCUT2D eigenvalue weighted by molar-refractivity contribution is 5.69. The Labute approximate surface area is 93.4 Å². The Hall–Kier alpha value is -0.530. The summed E-state index contributed by atoms with van der Waals surface area (Å²) in [5.74, 6) is 0.653. The standard InChI is InChI=1S/C13H24O2/c1-5-6-12(14)15-11-7-10(2)8-13(3,4)9-11/h10-11H,5-9H2,1-4H3/t10-,11+/m1/s1. The predicted octanol–water partition coefficient (Wildman–Crippen LogP) is 3.54. The van der Waals surface area contributed by atoms with Gasteiger partial charge in [0.2, 0.25) is 0 Å². The van der Waals surface area contributed by atoms with E-state index in [0.29, 0.717) is 17.8 Å². The number of hydrogen-bond acceptors (Lipinski definition) is 2. The number of hydrogen-bond donors (Lipinski definition) is 0. The van der Waals surface area contributed by atoms with E-state index in [0.717, 1.165) is 19.3 Å². The second kappa shape index (κ2) is 5.00. The number of ether oxygens (including phenoxy) is 1. The fourth-order valence-corrected chi connectivity index (χ4v) is 2.80. The van der Waals surface area contributed by atoms with Crippen LogP contribution in [0.1, 0.15) is 59.8 Å². The predicted molar refractivity (Wildman–Crippen MR) is 61.6 cm³/mol. The molecule has 0 N–H and O–H groups in total. The largest absolute Gasteiger partial charge is 0.462 e. The molecule has 1 rings (SSSR count). The molecule has 0 bridgehead atoms. The highest BCUT2D eigenvalue weighted by atomic mass is 16.5.